The van der Waals surface area contributed by atoms with Crippen LogP contribution in [0.5, 0.6) is 5.75 Å². The second kappa shape index (κ2) is 9.59. The van der Waals surface area contributed by atoms with E-state index in [1.165, 1.54) is 5.56 Å². The van der Waals surface area contributed by atoms with Crippen LogP contribution < -0.4 is 4.74 Å². The van der Waals surface area contributed by atoms with Gasteiger partial charge in [0, 0.05) is 24.6 Å². The number of hydrogen-bond donors (Lipinski definition) is 0. The summed E-state index contributed by atoms with van der Waals surface area (Å²) in [4.78, 5) is 16.2. The summed E-state index contributed by atoms with van der Waals surface area (Å²) in [7, 11) is 3.80. The van der Waals surface area contributed by atoms with Crippen LogP contribution >= 0.6 is 15.9 Å². The van der Waals surface area contributed by atoms with Crippen LogP contribution in [-0.2, 0) is 17.9 Å². The highest BCUT2D eigenvalue weighted by Crippen LogP contribution is 2.17. The van der Waals surface area contributed by atoms with Crippen LogP contribution in [0.25, 0.3) is 0 Å². The smallest absolute Gasteiger partial charge is 0.236 e. The molecule has 0 fully saturated rings. The van der Waals surface area contributed by atoms with Gasteiger partial charge >= 0.3 is 0 Å². The van der Waals surface area contributed by atoms with E-state index in [9.17, 15) is 4.79 Å². The molecule has 0 radical (unpaired) electrons. The van der Waals surface area contributed by atoms with Gasteiger partial charge in [-0.3, -0.25) is 9.69 Å². The molecular weight excluding hydrogens is 380 g/mol. The van der Waals surface area contributed by atoms with E-state index in [0.29, 0.717) is 19.7 Å². The van der Waals surface area contributed by atoms with Crippen molar-refractivity contribution in [1.29, 1.82) is 0 Å². The lowest BCUT2D eigenvalue weighted by Gasteiger charge is -2.22. The molecule has 0 heterocycles. The van der Waals surface area contributed by atoms with Crippen LogP contribution in [0.2, 0.25) is 0 Å². The maximum Gasteiger partial charge on any atom is 0.236 e. The predicted molar refractivity (Wildman–Crippen MR) is 105 cm³/mol. The minimum atomic E-state index is 0.100. The summed E-state index contributed by atoms with van der Waals surface area (Å²) in [5.41, 5.74) is 2.26. The lowest BCUT2D eigenvalue weighted by molar-refractivity contribution is -0.131. The highest BCUT2D eigenvalue weighted by atomic mass is 79.9. The average Bonchev–Trinajstić information content (AvgIpc) is 2.59. The van der Waals surface area contributed by atoms with Gasteiger partial charge in [-0.2, -0.15) is 0 Å². The molecule has 2 aromatic rings. The Morgan fingerprint density at radius 1 is 1.04 bits per heavy atom. The minimum Gasteiger partial charge on any atom is -0.494 e. The molecule has 5 heteroatoms. The van der Waals surface area contributed by atoms with E-state index in [0.717, 1.165) is 22.3 Å². The lowest BCUT2D eigenvalue weighted by atomic mass is 10.2. The predicted octanol–water partition coefficient (Wildman–Crippen LogP) is 3.94. The molecule has 25 heavy (non-hydrogen) atoms. The zero-order valence-electron chi connectivity index (χ0n) is 15.0. The fourth-order valence-corrected chi connectivity index (χ4v) is 2.95. The van der Waals surface area contributed by atoms with Crippen molar-refractivity contribution in [2.75, 3.05) is 27.2 Å². The first-order valence-corrected chi connectivity index (χ1v) is 9.16. The van der Waals surface area contributed by atoms with Gasteiger partial charge < -0.3 is 9.64 Å². The van der Waals surface area contributed by atoms with E-state index in [2.05, 4.69) is 22.0 Å². The summed E-state index contributed by atoms with van der Waals surface area (Å²) in [5, 5.41) is 0. The standard InChI is InChI=1S/C20H25BrN2O2/c1-4-25-18-11-9-16(10-12-18)13-23(3)20(24)15-22(2)14-17-7-5-6-8-19(17)21/h5-12H,4,13-15H2,1-3H3. The topological polar surface area (TPSA) is 32.8 Å². The Hall–Kier alpha value is -1.85. The highest BCUT2D eigenvalue weighted by Gasteiger charge is 2.13. The van der Waals surface area contributed by atoms with Crippen LogP contribution in [0.4, 0.5) is 0 Å². The maximum atomic E-state index is 12.5. The van der Waals surface area contributed by atoms with E-state index < -0.39 is 0 Å². The number of rotatable bonds is 8. The van der Waals surface area contributed by atoms with Crippen molar-refractivity contribution in [1.82, 2.24) is 9.80 Å². The molecule has 0 saturated heterocycles. The largest absolute Gasteiger partial charge is 0.494 e. The zero-order valence-corrected chi connectivity index (χ0v) is 16.6. The fourth-order valence-electron chi connectivity index (χ4n) is 2.54. The normalized spacial score (nSPS) is 10.8. The molecule has 134 valence electrons. The molecule has 0 N–H and O–H groups in total. The summed E-state index contributed by atoms with van der Waals surface area (Å²) < 4.78 is 6.51. The van der Waals surface area contributed by atoms with Crippen LogP contribution in [0.1, 0.15) is 18.1 Å². The number of carbonyl (C=O) groups excluding carboxylic acids is 1. The maximum absolute atomic E-state index is 12.5. The van der Waals surface area contributed by atoms with Gasteiger partial charge in [-0.25, -0.2) is 0 Å². The van der Waals surface area contributed by atoms with Gasteiger partial charge in [0.15, 0.2) is 0 Å². The molecule has 4 nitrogen and oxygen atoms in total. The molecule has 2 rings (SSSR count). The van der Waals surface area contributed by atoms with Gasteiger partial charge in [-0.1, -0.05) is 46.3 Å². The first-order chi connectivity index (χ1) is 12.0. The number of ether oxygens (including phenoxy) is 1. The first kappa shape index (κ1) is 19.5. The van der Waals surface area contributed by atoms with E-state index in [1.54, 1.807) is 4.90 Å². The van der Waals surface area contributed by atoms with E-state index in [1.807, 2.05) is 68.4 Å². The summed E-state index contributed by atoms with van der Waals surface area (Å²) in [6, 6.07) is 16.0. The van der Waals surface area contributed by atoms with Crippen LogP contribution in [0, 0.1) is 0 Å². The van der Waals surface area contributed by atoms with Gasteiger partial charge in [-0.15, -0.1) is 0 Å². The number of nitrogens with zero attached hydrogens (tertiary/aromatic N) is 2. The molecule has 0 saturated carbocycles. The van der Waals surface area contributed by atoms with Crippen molar-refractivity contribution >= 4 is 21.8 Å². The Kier molecular flexibility index (Phi) is 7.47. The van der Waals surface area contributed by atoms with Crippen molar-refractivity contribution in [2.45, 2.75) is 20.0 Å². The zero-order chi connectivity index (χ0) is 18.2. The van der Waals surface area contributed by atoms with Crippen molar-refractivity contribution in [3.63, 3.8) is 0 Å². The van der Waals surface area contributed by atoms with Crippen molar-refractivity contribution in [3.05, 3.63) is 64.1 Å². The number of halogens is 1. The van der Waals surface area contributed by atoms with Crippen LogP contribution in [0.15, 0.2) is 53.0 Å². The summed E-state index contributed by atoms with van der Waals surface area (Å²) >= 11 is 3.55. The monoisotopic (exact) mass is 404 g/mol. The number of likely N-dealkylation sites (N-methyl/N-ethyl adjacent to an activating group) is 2. The minimum absolute atomic E-state index is 0.100. The van der Waals surface area contributed by atoms with Crippen molar-refractivity contribution in [3.8, 4) is 5.75 Å². The second-order valence-corrected chi connectivity index (χ2v) is 6.94. The van der Waals surface area contributed by atoms with Gasteiger partial charge in [0.25, 0.3) is 0 Å². The molecule has 0 spiro atoms. The third-order valence-corrected chi connectivity index (χ3v) is 4.66. The average molecular weight is 405 g/mol. The van der Waals surface area contributed by atoms with Crippen molar-refractivity contribution < 1.29 is 9.53 Å². The number of benzene rings is 2. The SMILES string of the molecule is CCOc1ccc(CN(C)C(=O)CN(C)Cc2ccccc2Br)cc1. The Labute approximate surface area is 158 Å². The van der Waals surface area contributed by atoms with Crippen LogP contribution in [-0.4, -0.2) is 43.0 Å². The highest BCUT2D eigenvalue weighted by molar-refractivity contribution is 9.10. The Morgan fingerprint density at radius 2 is 1.72 bits per heavy atom. The van der Waals surface area contributed by atoms with Gasteiger partial charge in [0.2, 0.25) is 5.91 Å². The molecular formula is C20H25BrN2O2. The Bertz CT molecular complexity index is 688. The van der Waals surface area contributed by atoms with Crippen LogP contribution in [0.3, 0.4) is 0 Å². The molecule has 0 aliphatic rings. The van der Waals surface area contributed by atoms with Crippen molar-refractivity contribution in [2.24, 2.45) is 0 Å². The molecule has 0 bridgehead atoms. The summed E-state index contributed by atoms with van der Waals surface area (Å²) in [5.74, 6) is 0.955. The third-order valence-electron chi connectivity index (χ3n) is 3.88. The molecule has 0 atom stereocenters. The van der Waals surface area contributed by atoms with Gasteiger partial charge in [-0.05, 0) is 43.3 Å². The van der Waals surface area contributed by atoms with Gasteiger partial charge in [0.1, 0.15) is 5.75 Å². The first-order valence-electron chi connectivity index (χ1n) is 8.37. The second-order valence-electron chi connectivity index (χ2n) is 6.09. The molecule has 2 aromatic carbocycles. The number of carbonyl (C=O) groups is 1. The molecule has 0 unspecified atom stereocenters. The Balaban J connectivity index is 1.85. The van der Waals surface area contributed by atoms with E-state index in [4.69, 9.17) is 4.74 Å². The molecule has 0 aliphatic carbocycles. The third kappa shape index (κ3) is 6.18. The quantitative estimate of drug-likeness (QED) is 0.667. The lowest BCUT2D eigenvalue weighted by Crippen LogP contribution is -2.36. The summed E-state index contributed by atoms with van der Waals surface area (Å²) in [6.45, 7) is 4.32. The Morgan fingerprint density at radius 3 is 2.36 bits per heavy atom. The summed E-state index contributed by atoms with van der Waals surface area (Å²) in [6.07, 6.45) is 0. The van der Waals surface area contributed by atoms with E-state index >= 15 is 0 Å². The fraction of sp³-hybridized carbons (Fsp3) is 0.350. The molecule has 0 aromatic heterocycles. The number of hydrogen-bond acceptors (Lipinski definition) is 3. The molecule has 1 amide bonds. The number of amides is 1. The molecule has 0 aliphatic heterocycles. The van der Waals surface area contributed by atoms with E-state index in [-0.39, 0.29) is 5.91 Å². The van der Waals surface area contributed by atoms with Gasteiger partial charge in [0.05, 0.1) is 13.2 Å².